The molecule has 5 N–H and O–H groups in total. The molecule has 2 aliphatic heterocycles. The van der Waals surface area contributed by atoms with Crippen molar-refractivity contribution in [3.63, 3.8) is 0 Å². The SMILES string of the molecule is CN1C[C@@H]2[C@H](C1)C2(CO)c1cccc(N)c1.COC(=O)C1(c2cccc(N)c2)[C@@H]2C(=O)N(C)C(=O)[C@@H]21.[AlH3].[H-].[Li+]. The van der Waals surface area contributed by atoms with Gasteiger partial charge in [-0.05, 0) is 54.3 Å². The number of rotatable bonds is 4. The molecule has 0 spiro atoms. The van der Waals surface area contributed by atoms with Gasteiger partial charge in [0.15, 0.2) is 17.4 Å². The number of nitrogens with two attached hydrogens (primary N) is 2. The summed E-state index contributed by atoms with van der Waals surface area (Å²) in [6.45, 7) is 2.44. The van der Waals surface area contributed by atoms with E-state index in [2.05, 4.69) is 18.0 Å². The predicted molar refractivity (Wildman–Crippen MR) is 144 cm³/mol. The summed E-state index contributed by atoms with van der Waals surface area (Å²) in [5.41, 5.74) is 13.4. The van der Waals surface area contributed by atoms with Crippen LogP contribution in [0.25, 0.3) is 0 Å². The molecule has 2 aromatic carbocycles. The topological polar surface area (TPSA) is 139 Å². The van der Waals surface area contributed by atoms with Crippen LogP contribution < -0.4 is 30.3 Å². The Balaban J connectivity index is 0.000000259. The molecular weight excluding hydrogens is 494 g/mol. The minimum absolute atomic E-state index is 0. The Morgan fingerprint density at radius 2 is 1.47 bits per heavy atom. The van der Waals surface area contributed by atoms with Crippen molar-refractivity contribution < 1.29 is 44.5 Å². The molecule has 2 aliphatic carbocycles. The van der Waals surface area contributed by atoms with Crippen molar-refractivity contribution in [2.45, 2.75) is 10.8 Å². The van der Waals surface area contributed by atoms with Crippen molar-refractivity contribution in [1.82, 2.24) is 9.80 Å². The van der Waals surface area contributed by atoms with Crippen LogP contribution in [0.1, 0.15) is 12.6 Å². The second-order valence-corrected chi connectivity index (χ2v) is 10.4. The molecule has 0 radical (unpaired) electrons. The molecule has 9 nitrogen and oxygen atoms in total. The number of piperidine rings is 2. The maximum atomic E-state index is 12.2. The summed E-state index contributed by atoms with van der Waals surface area (Å²) >= 11 is 0. The molecule has 0 bridgehead atoms. The minimum Gasteiger partial charge on any atom is -1.00 e. The number of anilines is 2. The summed E-state index contributed by atoms with van der Waals surface area (Å²) < 4.78 is 4.84. The summed E-state index contributed by atoms with van der Waals surface area (Å²) in [6, 6.07) is 14.7. The van der Waals surface area contributed by atoms with Gasteiger partial charge < -0.3 is 27.6 Å². The van der Waals surface area contributed by atoms with Crippen molar-refractivity contribution in [1.29, 1.82) is 0 Å². The molecule has 4 aliphatic rings. The van der Waals surface area contributed by atoms with E-state index in [1.807, 2.05) is 18.2 Å². The van der Waals surface area contributed by atoms with Crippen molar-refractivity contribution in [3.8, 4) is 0 Å². The van der Waals surface area contributed by atoms with E-state index in [-0.39, 0.29) is 61.5 Å². The van der Waals surface area contributed by atoms with E-state index < -0.39 is 23.2 Å². The summed E-state index contributed by atoms with van der Waals surface area (Å²) in [5, 5.41) is 9.73. The summed E-state index contributed by atoms with van der Waals surface area (Å²) in [5.74, 6) is -1.36. The predicted octanol–water partition coefficient (Wildman–Crippen LogP) is -3.45. The van der Waals surface area contributed by atoms with Crippen molar-refractivity contribution in [2.24, 2.45) is 23.7 Å². The van der Waals surface area contributed by atoms with Gasteiger partial charge in [-0.25, -0.2) is 0 Å². The van der Waals surface area contributed by atoms with Crippen LogP contribution in [0.15, 0.2) is 48.5 Å². The number of carbonyl (C=O) groups excluding carboxylic acids is 3. The largest absolute Gasteiger partial charge is 1.00 e. The first kappa shape index (κ1) is 30.2. The van der Waals surface area contributed by atoms with Gasteiger partial charge in [-0.1, -0.05) is 24.3 Å². The Labute approximate surface area is 246 Å². The molecule has 2 aromatic rings. The molecule has 2 saturated heterocycles. The average molecular weight is 531 g/mol. The molecule has 2 unspecified atom stereocenters. The van der Waals surface area contributed by atoms with Gasteiger partial charge in [-0.3, -0.25) is 19.3 Å². The molecule has 2 saturated carbocycles. The standard InChI is InChI=1S/C14H14N2O4.C13H18N2O.Al.Li.4H/c1-16-11(17)9-10(12(16)18)14(9,13(19)20-2)7-4-3-5-8(15)6-7;1-15-6-11-12(7-15)13(11,8-16)9-3-2-4-10(14)5-9;;;;;;/h3-6,9-10H,15H2,1-2H3;2-5,11-12,16H,6-8,14H2,1H3;;;;;;/q;;;+1;;;;-1/t9-,10+,14?;11-,12+,13?;;;;;;. The monoisotopic (exact) mass is 530 g/mol. The van der Waals surface area contributed by atoms with Crippen LogP contribution in [-0.2, 0) is 30.0 Å². The summed E-state index contributed by atoms with van der Waals surface area (Å²) in [7, 11) is 4.83. The minimum atomic E-state index is -1.20. The molecule has 2 heterocycles. The van der Waals surface area contributed by atoms with Gasteiger partial charge >= 0.3 is 24.8 Å². The number of nitrogens with zero attached hydrogens (tertiary/aromatic N) is 2. The van der Waals surface area contributed by atoms with E-state index in [9.17, 15) is 19.5 Å². The smallest absolute Gasteiger partial charge is 1.00 e. The fraction of sp³-hybridized carbons (Fsp3) is 0.444. The van der Waals surface area contributed by atoms with E-state index in [4.69, 9.17) is 16.2 Å². The average Bonchev–Trinajstić information content (AvgIpc) is 3.64. The number of hydrogen-bond donors (Lipinski definition) is 3. The molecule has 198 valence electrons. The van der Waals surface area contributed by atoms with Gasteiger partial charge in [-0.15, -0.1) is 0 Å². The Morgan fingerprint density at radius 1 is 1.00 bits per heavy atom. The van der Waals surface area contributed by atoms with Gasteiger partial charge in [0.05, 0.1) is 25.6 Å². The number of likely N-dealkylation sites (tertiary alicyclic amines) is 2. The number of carbonyl (C=O) groups is 3. The van der Waals surface area contributed by atoms with Crippen LogP contribution >= 0.6 is 0 Å². The van der Waals surface area contributed by atoms with E-state index >= 15 is 0 Å². The van der Waals surface area contributed by atoms with Crippen LogP contribution in [0.3, 0.4) is 0 Å². The number of ether oxygens (including phenoxy) is 1. The number of fused-ring (bicyclic) bond motifs is 2. The third-order valence-corrected chi connectivity index (χ3v) is 8.69. The number of aliphatic hydroxyl groups is 1. The normalized spacial score (nSPS) is 32.2. The number of aliphatic hydroxyl groups excluding tert-OH is 1. The molecule has 6 atom stereocenters. The second kappa shape index (κ2) is 10.7. The van der Waals surface area contributed by atoms with E-state index in [0.717, 1.165) is 23.7 Å². The Hall–Kier alpha value is -2.30. The molecule has 2 amide bonds. The molecular formula is C27H36AlLiN4O5. The van der Waals surface area contributed by atoms with E-state index in [1.165, 1.54) is 19.7 Å². The number of hydrogen-bond acceptors (Lipinski definition) is 8. The molecule has 38 heavy (non-hydrogen) atoms. The fourth-order valence-corrected chi connectivity index (χ4v) is 6.80. The third-order valence-electron chi connectivity index (χ3n) is 8.69. The third kappa shape index (κ3) is 4.19. The van der Waals surface area contributed by atoms with E-state index in [0.29, 0.717) is 23.1 Å². The van der Waals surface area contributed by atoms with Crippen LogP contribution in [0.4, 0.5) is 11.4 Å². The Morgan fingerprint density at radius 3 is 1.92 bits per heavy atom. The van der Waals surface area contributed by atoms with Crippen molar-refractivity contribution >= 4 is 46.5 Å². The first-order chi connectivity index (χ1) is 17.1. The first-order valence-electron chi connectivity index (χ1n) is 12.1. The van der Waals surface area contributed by atoms with Crippen LogP contribution in [0.2, 0.25) is 0 Å². The fourth-order valence-electron chi connectivity index (χ4n) is 6.80. The molecule has 6 rings (SSSR count). The number of imide groups is 1. The van der Waals surface area contributed by atoms with Gasteiger partial charge in [0.2, 0.25) is 11.8 Å². The molecule has 4 fully saturated rings. The van der Waals surface area contributed by atoms with E-state index in [1.54, 1.807) is 24.3 Å². The van der Waals surface area contributed by atoms with Gasteiger partial charge in [0.25, 0.3) is 0 Å². The number of amides is 2. The van der Waals surface area contributed by atoms with Crippen LogP contribution in [-0.4, -0.2) is 91.0 Å². The van der Waals surface area contributed by atoms with Gasteiger partial charge in [0, 0.05) is 36.9 Å². The first-order valence-corrected chi connectivity index (χ1v) is 12.1. The zero-order chi connectivity index (χ0) is 26.0. The summed E-state index contributed by atoms with van der Waals surface area (Å²) in [4.78, 5) is 39.9. The number of nitrogen functional groups attached to an aromatic ring is 2. The number of esters is 1. The zero-order valence-corrected chi connectivity index (χ0v) is 21.7. The maximum Gasteiger partial charge on any atom is 1.00 e. The summed E-state index contributed by atoms with van der Waals surface area (Å²) in [6.07, 6.45) is 0. The Kier molecular flexibility index (Phi) is 8.51. The Bertz CT molecular complexity index is 1230. The second-order valence-electron chi connectivity index (χ2n) is 10.4. The van der Waals surface area contributed by atoms with Gasteiger partial charge in [0.1, 0.15) is 5.41 Å². The van der Waals surface area contributed by atoms with Crippen molar-refractivity contribution in [3.05, 3.63) is 59.7 Å². The molecule has 11 heteroatoms. The maximum absolute atomic E-state index is 12.2. The zero-order valence-electron chi connectivity index (χ0n) is 22.7. The van der Waals surface area contributed by atoms with Crippen LogP contribution in [0, 0.1) is 23.7 Å². The van der Waals surface area contributed by atoms with Gasteiger partial charge in [-0.2, -0.15) is 0 Å². The van der Waals surface area contributed by atoms with Crippen molar-refractivity contribution in [2.75, 3.05) is 52.4 Å². The quantitative estimate of drug-likeness (QED) is 0.161. The number of methoxy groups -OCH3 is 1. The number of benzene rings is 2. The molecule has 0 aromatic heterocycles. The van der Waals surface area contributed by atoms with Crippen LogP contribution in [0.5, 0.6) is 0 Å².